The number of halogens is 1. The van der Waals surface area contributed by atoms with Gasteiger partial charge < -0.3 is 5.32 Å². The lowest BCUT2D eigenvalue weighted by Gasteiger charge is -2.36. The summed E-state index contributed by atoms with van der Waals surface area (Å²) < 4.78 is 13.2. The fourth-order valence-electron chi connectivity index (χ4n) is 3.87. The number of carbonyl (C=O) groups is 1. The molecule has 1 aliphatic rings. The van der Waals surface area contributed by atoms with E-state index >= 15 is 0 Å². The van der Waals surface area contributed by atoms with E-state index in [4.69, 9.17) is 0 Å². The van der Waals surface area contributed by atoms with E-state index in [0.29, 0.717) is 11.6 Å². The van der Waals surface area contributed by atoms with Crippen LogP contribution in [0.4, 0.5) is 10.1 Å². The summed E-state index contributed by atoms with van der Waals surface area (Å²) in [6.45, 7) is 3.44. The number of piperidine rings is 1. The van der Waals surface area contributed by atoms with Crippen molar-refractivity contribution in [1.29, 1.82) is 0 Å². The molecule has 0 saturated carbocycles. The summed E-state index contributed by atoms with van der Waals surface area (Å²) in [5.41, 5.74) is 1.53. The molecule has 6 nitrogen and oxygen atoms in total. The molecule has 7 heteroatoms. The van der Waals surface area contributed by atoms with Crippen LogP contribution in [0.1, 0.15) is 42.0 Å². The number of hydrogen-bond acceptors (Lipinski definition) is 4. The first-order valence-corrected chi connectivity index (χ1v) is 9.84. The Bertz CT molecular complexity index is 949. The minimum Gasteiger partial charge on any atom is -0.324 e. The van der Waals surface area contributed by atoms with Crippen molar-refractivity contribution in [3.05, 3.63) is 77.6 Å². The molecular weight excluding hydrogens is 369 g/mol. The van der Waals surface area contributed by atoms with Gasteiger partial charge in [-0.25, -0.2) is 9.37 Å². The Morgan fingerprint density at radius 1 is 1.14 bits per heavy atom. The number of H-pyrrole nitrogens is 1. The van der Waals surface area contributed by atoms with Crippen molar-refractivity contribution in [2.75, 3.05) is 18.4 Å². The van der Waals surface area contributed by atoms with Crippen LogP contribution < -0.4 is 5.32 Å². The van der Waals surface area contributed by atoms with E-state index in [0.717, 1.165) is 43.1 Å². The van der Waals surface area contributed by atoms with Gasteiger partial charge in [-0.05, 0) is 62.7 Å². The fraction of sp³-hybridized carbons (Fsp3) is 0.318. The van der Waals surface area contributed by atoms with Gasteiger partial charge in [0.2, 0.25) is 5.91 Å². The number of nitrogens with zero attached hydrogens (tertiary/aromatic N) is 3. The normalized spacial score (nSPS) is 16.5. The van der Waals surface area contributed by atoms with Crippen molar-refractivity contribution >= 4 is 11.6 Å². The molecule has 2 N–H and O–H groups in total. The van der Waals surface area contributed by atoms with Crippen LogP contribution in [0.5, 0.6) is 0 Å². The van der Waals surface area contributed by atoms with Crippen LogP contribution in [-0.4, -0.2) is 39.1 Å². The number of aryl methyl sites for hydroxylation is 1. The second kappa shape index (κ2) is 8.53. The van der Waals surface area contributed by atoms with Crippen LogP contribution >= 0.6 is 0 Å². The van der Waals surface area contributed by atoms with E-state index in [2.05, 4.69) is 25.4 Å². The molecule has 0 spiro atoms. The Labute approximate surface area is 169 Å². The van der Waals surface area contributed by atoms with E-state index in [9.17, 15) is 9.18 Å². The average Bonchev–Trinajstić information content (AvgIpc) is 3.18. The molecule has 2 heterocycles. The van der Waals surface area contributed by atoms with Crippen molar-refractivity contribution < 1.29 is 9.18 Å². The predicted molar refractivity (Wildman–Crippen MR) is 109 cm³/mol. The highest BCUT2D eigenvalue weighted by Gasteiger charge is 2.32. The van der Waals surface area contributed by atoms with Gasteiger partial charge in [-0.1, -0.05) is 30.3 Å². The SMILES string of the molecule is Cc1nc(C2CCN([C@H](C(=O)Nc3ccc(F)cc3)c3ccccc3)CC2)n[nH]1. The Kier molecular flexibility index (Phi) is 5.67. The van der Waals surface area contributed by atoms with E-state index in [1.54, 1.807) is 12.1 Å². The Morgan fingerprint density at radius 3 is 2.45 bits per heavy atom. The predicted octanol–water partition coefficient (Wildman–Crippen LogP) is 3.81. The summed E-state index contributed by atoms with van der Waals surface area (Å²) in [6, 6.07) is 15.2. The van der Waals surface area contributed by atoms with Crippen molar-refractivity contribution in [1.82, 2.24) is 20.1 Å². The smallest absolute Gasteiger partial charge is 0.246 e. The lowest BCUT2D eigenvalue weighted by molar-refractivity contribution is -0.122. The number of likely N-dealkylation sites (tertiary alicyclic amines) is 1. The molecule has 0 bridgehead atoms. The van der Waals surface area contributed by atoms with E-state index in [-0.39, 0.29) is 11.7 Å². The summed E-state index contributed by atoms with van der Waals surface area (Å²) in [5.74, 6) is 1.53. The second-order valence-electron chi connectivity index (χ2n) is 7.40. The van der Waals surface area contributed by atoms with Gasteiger partial charge in [-0.2, -0.15) is 5.10 Å². The zero-order valence-electron chi connectivity index (χ0n) is 16.3. The Morgan fingerprint density at radius 2 is 1.83 bits per heavy atom. The molecule has 1 aromatic heterocycles. The average molecular weight is 393 g/mol. The third-order valence-electron chi connectivity index (χ3n) is 5.35. The quantitative estimate of drug-likeness (QED) is 0.691. The van der Waals surface area contributed by atoms with Gasteiger partial charge in [-0.3, -0.25) is 14.8 Å². The molecule has 0 unspecified atom stereocenters. The van der Waals surface area contributed by atoms with Gasteiger partial charge in [0.15, 0.2) is 5.82 Å². The third-order valence-corrected chi connectivity index (χ3v) is 5.35. The van der Waals surface area contributed by atoms with Crippen LogP contribution in [0.2, 0.25) is 0 Å². The molecule has 3 aromatic rings. The minimum absolute atomic E-state index is 0.116. The number of aromatic amines is 1. The van der Waals surface area contributed by atoms with Gasteiger partial charge in [-0.15, -0.1) is 0 Å². The molecule has 1 aliphatic heterocycles. The summed E-state index contributed by atoms with van der Waals surface area (Å²) in [5, 5.41) is 10.1. The maximum Gasteiger partial charge on any atom is 0.246 e. The number of benzene rings is 2. The van der Waals surface area contributed by atoms with Gasteiger partial charge >= 0.3 is 0 Å². The van der Waals surface area contributed by atoms with Gasteiger partial charge in [0.1, 0.15) is 17.7 Å². The Hall–Kier alpha value is -3.06. The first kappa shape index (κ1) is 19.3. The number of anilines is 1. The largest absolute Gasteiger partial charge is 0.324 e. The van der Waals surface area contributed by atoms with Crippen molar-refractivity contribution in [2.24, 2.45) is 0 Å². The van der Waals surface area contributed by atoms with E-state index in [1.807, 2.05) is 37.3 Å². The zero-order chi connectivity index (χ0) is 20.2. The van der Waals surface area contributed by atoms with Crippen molar-refractivity contribution in [3.8, 4) is 0 Å². The molecule has 0 radical (unpaired) electrons. The molecule has 1 fully saturated rings. The molecule has 1 atom stereocenters. The minimum atomic E-state index is -0.406. The number of rotatable bonds is 5. The van der Waals surface area contributed by atoms with Crippen molar-refractivity contribution in [2.45, 2.75) is 31.7 Å². The van der Waals surface area contributed by atoms with Crippen LogP contribution in [0.3, 0.4) is 0 Å². The molecule has 29 heavy (non-hydrogen) atoms. The molecule has 4 rings (SSSR count). The number of nitrogens with one attached hydrogen (secondary N) is 2. The van der Waals surface area contributed by atoms with Crippen LogP contribution in [0, 0.1) is 12.7 Å². The number of carbonyl (C=O) groups excluding carboxylic acids is 1. The highest BCUT2D eigenvalue weighted by molar-refractivity contribution is 5.95. The van der Waals surface area contributed by atoms with Crippen LogP contribution in [-0.2, 0) is 4.79 Å². The zero-order valence-corrected chi connectivity index (χ0v) is 16.3. The molecule has 2 aromatic carbocycles. The number of aromatic nitrogens is 3. The summed E-state index contributed by atoms with van der Waals surface area (Å²) in [4.78, 5) is 19.8. The van der Waals surface area contributed by atoms with E-state index < -0.39 is 6.04 Å². The maximum absolute atomic E-state index is 13.2. The molecule has 0 aliphatic carbocycles. The van der Waals surface area contributed by atoms with Gasteiger partial charge in [0.25, 0.3) is 0 Å². The first-order chi connectivity index (χ1) is 14.1. The summed E-state index contributed by atoms with van der Waals surface area (Å²) in [7, 11) is 0. The monoisotopic (exact) mass is 393 g/mol. The van der Waals surface area contributed by atoms with Crippen LogP contribution in [0.15, 0.2) is 54.6 Å². The lowest BCUT2D eigenvalue weighted by atomic mass is 9.93. The standard InChI is InChI=1S/C22H24FN5O/c1-15-24-21(27-26-15)17-11-13-28(14-12-17)20(16-5-3-2-4-6-16)22(29)25-19-9-7-18(23)8-10-19/h2-10,17,20H,11-14H2,1H3,(H,25,29)(H,24,26,27)/t20-/m0/s1. The van der Waals surface area contributed by atoms with Gasteiger partial charge in [0.05, 0.1) is 0 Å². The number of amides is 1. The fourth-order valence-corrected chi connectivity index (χ4v) is 3.87. The molecular formula is C22H24FN5O. The molecule has 150 valence electrons. The third kappa shape index (κ3) is 4.51. The van der Waals surface area contributed by atoms with Crippen molar-refractivity contribution in [3.63, 3.8) is 0 Å². The highest BCUT2D eigenvalue weighted by Crippen LogP contribution is 2.31. The summed E-state index contributed by atoms with van der Waals surface area (Å²) in [6.07, 6.45) is 1.79. The van der Waals surface area contributed by atoms with Gasteiger partial charge in [0, 0.05) is 11.6 Å². The summed E-state index contributed by atoms with van der Waals surface area (Å²) >= 11 is 0. The Balaban J connectivity index is 1.50. The first-order valence-electron chi connectivity index (χ1n) is 9.84. The lowest BCUT2D eigenvalue weighted by Crippen LogP contribution is -2.42. The maximum atomic E-state index is 13.2. The highest BCUT2D eigenvalue weighted by atomic mass is 19.1. The molecule has 1 saturated heterocycles. The number of hydrogen-bond donors (Lipinski definition) is 2. The second-order valence-corrected chi connectivity index (χ2v) is 7.40. The topological polar surface area (TPSA) is 73.9 Å². The molecule has 1 amide bonds. The van der Waals surface area contributed by atoms with Crippen LogP contribution in [0.25, 0.3) is 0 Å². The van der Waals surface area contributed by atoms with E-state index in [1.165, 1.54) is 12.1 Å².